The first kappa shape index (κ1) is 13.4. The molecule has 7 nitrogen and oxygen atoms in total. The topological polar surface area (TPSA) is 73.6 Å². The molecule has 0 aliphatic carbocycles. The minimum absolute atomic E-state index is 0.0742. The van der Waals surface area contributed by atoms with Crippen molar-refractivity contribution in [2.24, 2.45) is 4.99 Å². The number of quaternary nitrogens is 1. The maximum Gasteiger partial charge on any atom is 0.389 e. The van der Waals surface area contributed by atoms with E-state index in [4.69, 9.17) is 0 Å². The van der Waals surface area contributed by atoms with Crippen molar-refractivity contribution >= 4 is 11.7 Å². The molecule has 0 bridgehead atoms. The van der Waals surface area contributed by atoms with Crippen LogP contribution >= 0.6 is 0 Å². The predicted molar refractivity (Wildman–Crippen MR) is 73.2 cm³/mol. The zero-order valence-electron chi connectivity index (χ0n) is 12.0. The Labute approximate surface area is 117 Å². The van der Waals surface area contributed by atoms with Gasteiger partial charge in [0.1, 0.15) is 13.2 Å². The molecule has 0 aromatic carbocycles. The van der Waals surface area contributed by atoms with Gasteiger partial charge in [-0.1, -0.05) is 20.3 Å². The van der Waals surface area contributed by atoms with Crippen molar-refractivity contribution in [1.82, 2.24) is 10.6 Å². The zero-order valence-corrected chi connectivity index (χ0v) is 12.0. The lowest BCUT2D eigenvalue weighted by molar-refractivity contribution is -1.22. The highest BCUT2D eigenvalue weighted by Gasteiger charge is 2.68. The SMILES string of the molecule is CCCC1N=C2C3=C(NCNC3)[N+](=O)[N+]2(CCC)C1=O. The Balaban J connectivity index is 2.09. The van der Waals surface area contributed by atoms with E-state index in [0.717, 1.165) is 23.3 Å². The molecule has 0 spiro atoms. The number of nitrogens with one attached hydrogen (secondary N) is 2. The molecular weight excluding hydrogens is 258 g/mol. The van der Waals surface area contributed by atoms with Crippen LogP contribution in [0.2, 0.25) is 0 Å². The number of nitrogens with zero attached hydrogens (tertiary/aromatic N) is 3. The molecule has 0 radical (unpaired) electrons. The second kappa shape index (κ2) is 4.75. The van der Waals surface area contributed by atoms with Gasteiger partial charge in [-0.2, -0.15) is 0 Å². The second-order valence-electron chi connectivity index (χ2n) is 5.47. The van der Waals surface area contributed by atoms with Crippen LogP contribution in [0.5, 0.6) is 0 Å². The summed E-state index contributed by atoms with van der Waals surface area (Å²) < 4.78 is -0.263. The normalized spacial score (nSPS) is 32.1. The molecule has 1 amide bonds. The number of aliphatic imine (C=N–C) groups is 1. The lowest BCUT2D eigenvalue weighted by Crippen LogP contribution is -2.58. The summed E-state index contributed by atoms with van der Waals surface area (Å²) >= 11 is 0. The maximum absolute atomic E-state index is 12.8. The van der Waals surface area contributed by atoms with Gasteiger partial charge in [0, 0.05) is 6.54 Å². The lowest BCUT2D eigenvalue weighted by atomic mass is 10.1. The van der Waals surface area contributed by atoms with Crippen LogP contribution in [0.3, 0.4) is 0 Å². The van der Waals surface area contributed by atoms with Crippen molar-refractivity contribution in [2.45, 2.75) is 39.2 Å². The summed E-state index contributed by atoms with van der Waals surface area (Å²) in [7, 11) is 0. The van der Waals surface area contributed by atoms with Crippen LogP contribution in [0.4, 0.5) is 0 Å². The quantitative estimate of drug-likeness (QED) is 0.577. The number of nitroso groups, excluding NO2 is 1. The molecule has 0 aromatic rings. The van der Waals surface area contributed by atoms with Crippen molar-refractivity contribution in [3.05, 3.63) is 16.3 Å². The fourth-order valence-corrected chi connectivity index (χ4v) is 3.28. The number of carbonyl (C=O) groups is 1. The number of fused-ring (bicyclic) bond motifs is 2. The third-order valence-electron chi connectivity index (χ3n) is 4.13. The van der Waals surface area contributed by atoms with Gasteiger partial charge < -0.3 is 0 Å². The van der Waals surface area contributed by atoms with Crippen LogP contribution in [-0.4, -0.2) is 47.0 Å². The fourth-order valence-electron chi connectivity index (χ4n) is 3.28. The van der Waals surface area contributed by atoms with Gasteiger partial charge in [0.25, 0.3) is 5.84 Å². The van der Waals surface area contributed by atoms with Crippen LogP contribution in [0.25, 0.3) is 0 Å². The average Bonchev–Trinajstić information content (AvgIpc) is 2.86. The molecule has 7 heteroatoms. The summed E-state index contributed by atoms with van der Waals surface area (Å²) in [6.07, 6.45) is 2.36. The first-order chi connectivity index (χ1) is 9.66. The van der Waals surface area contributed by atoms with E-state index in [1.165, 1.54) is 0 Å². The highest BCUT2D eigenvalue weighted by Crippen LogP contribution is 2.36. The summed E-state index contributed by atoms with van der Waals surface area (Å²) in [6.45, 7) is 5.64. The summed E-state index contributed by atoms with van der Waals surface area (Å²) in [4.78, 5) is 31.0. The number of amides is 1. The fraction of sp³-hybridized carbons (Fsp3) is 0.692. The zero-order chi connectivity index (χ0) is 14.3. The maximum atomic E-state index is 12.8. The molecule has 20 heavy (non-hydrogen) atoms. The molecule has 3 rings (SSSR count). The van der Waals surface area contributed by atoms with E-state index < -0.39 is 0 Å². The van der Waals surface area contributed by atoms with Crippen LogP contribution in [-0.2, 0) is 4.79 Å². The minimum Gasteiger partial charge on any atom is -0.277 e. The van der Waals surface area contributed by atoms with E-state index in [9.17, 15) is 9.70 Å². The number of hydrogen-bond donors (Lipinski definition) is 2. The van der Waals surface area contributed by atoms with Crippen molar-refractivity contribution in [2.75, 3.05) is 19.8 Å². The van der Waals surface area contributed by atoms with Crippen molar-refractivity contribution in [1.29, 1.82) is 0 Å². The van der Waals surface area contributed by atoms with Gasteiger partial charge in [-0.25, -0.2) is 9.79 Å². The van der Waals surface area contributed by atoms with E-state index in [1.807, 2.05) is 13.8 Å². The molecule has 108 valence electrons. The molecule has 0 fully saturated rings. The summed E-state index contributed by atoms with van der Waals surface area (Å²) in [5.41, 5.74) is 0.853. The Bertz CT molecular complexity index is 539. The van der Waals surface area contributed by atoms with Gasteiger partial charge >= 0.3 is 11.7 Å². The van der Waals surface area contributed by atoms with Gasteiger partial charge in [-0.05, 0) is 22.3 Å². The predicted octanol–water partition coefficient (Wildman–Crippen LogP) is 0.390. The van der Waals surface area contributed by atoms with Crippen LogP contribution in [0, 0.1) is 4.91 Å². The molecule has 0 aromatic heterocycles. The molecule has 2 unspecified atom stereocenters. The second-order valence-corrected chi connectivity index (χ2v) is 5.47. The standard InChI is InChI=1S/C13H21N5O2/c1-3-5-10-13(19)18(6-4-2)12(16-10)9-7-14-8-15-11(9)17(18)20/h10,14-15H,3-8H2,1-2H3/q+2. The van der Waals surface area contributed by atoms with Crippen LogP contribution < -0.4 is 10.6 Å². The van der Waals surface area contributed by atoms with Gasteiger partial charge in [0.2, 0.25) is 0 Å². The number of hydrogen-bond acceptors (Lipinski definition) is 5. The van der Waals surface area contributed by atoms with Crippen molar-refractivity contribution < 1.29 is 14.3 Å². The first-order valence-corrected chi connectivity index (χ1v) is 7.33. The number of rotatable bonds is 4. The van der Waals surface area contributed by atoms with E-state index in [-0.39, 0.29) is 16.5 Å². The van der Waals surface area contributed by atoms with E-state index in [2.05, 4.69) is 15.6 Å². The smallest absolute Gasteiger partial charge is 0.277 e. The molecule has 2 atom stereocenters. The number of carbonyl (C=O) groups excluding carboxylic acids is 1. The third kappa shape index (κ3) is 1.53. The minimum atomic E-state index is -0.367. The molecule has 3 aliphatic heterocycles. The Morgan fingerprint density at radius 3 is 2.90 bits per heavy atom. The lowest BCUT2D eigenvalue weighted by Gasteiger charge is -2.19. The highest BCUT2D eigenvalue weighted by molar-refractivity contribution is 6.05. The molecule has 0 saturated carbocycles. The highest BCUT2D eigenvalue weighted by atomic mass is 16.4. The van der Waals surface area contributed by atoms with Crippen LogP contribution in [0.1, 0.15) is 33.1 Å². The van der Waals surface area contributed by atoms with Gasteiger partial charge in [-0.15, -0.1) is 0 Å². The molecule has 0 saturated heterocycles. The van der Waals surface area contributed by atoms with E-state index in [0.29, 0.717) is 37.8 Å². The van der Waals surface area contributed by atoms with E-state index in [1.54, 1.807) is 0 Å². The average molecular weight is 279 g/mol. The van der Waals surface area contributed by atoms with Crippen molar-refractivity contribution in [3.8, 4) is 0 Å². The summed E-state index contributed by atoms with van der Waals surface area (Å²) in [5.74, 6) is 1.09. The van der Waals surface area contributed by atoms with E-state index >= 15 is 0 Å². The Morgan fingerprint density at radius 1 is 1.40 bits per heavy atom. The molecule has 2 N–H and O–H groups in total. The Kier molecular flexibility index (Phi) is 3.18. The number of amidine groups is 1. The monoisotopic (exact) mass is 279 g/mol. The molecule has 3 heterocycles. The first-order valence-electron chi connectivity index (χ1n) is 7.33. The molecular formula is C13H21N5O2+2. The Morgan fingerprint density at radius 2 is 2.20 bits per heavy atom. The third-order valence-corrected chi connectivity index (χ3v) is 4.13. The van der Waals surface area contributed by atoms with Gasteiger partial charge in [0.05, 0.1) is 0 Å². The largest absolute Gasteiger partial charge is 0.389 e. The summed E-state index contributed by atoms with van der Waals surface area (Å²) in [5, 5.41) is 6.22. The molecule has 3 aliphatic rings. The Hall–Kier alpha value is -1.60. The van der Waals surface area contributed by atoms with Crippen molar-refractivity contribution in [3.63, 3.8) is 0 Å². The summed E-state index contributed by atoms with van der Waals surface area (Å²) in [6, 6.07) is -0.367. The van der Waals surface area contributed by atoms with Gasteiger partial charge in [0.15, 0.2) is 16.5 Å². The van der Waals surface area contributed by atoms with Crippen LogP contribution in [0.15, 0.2) is 16.4 Å². The van der Waals surface area contributed by atoms with Gasteiger partial charge in [-0.3, -0.25) is 10.6 Å².